The fourth-order valence-electron chi connectivity index (χ4n) is 4.31. The van der Waals surface area contributed by atoms with Gasteiger partial charge in [-0.25, -0.2) is 0 Å². The molecule has 0 spiro atoms. The summed E-state index contributed by atoms with van der Waals surface area (Å²) in [6.07, 6.45) is 2.82. The van der Waals surface area contributed by atoms with E-state index < -0.39 is 12.6 Å². The third-order valence-electron chi connectivity index (χ3n) is 6.01. The highest BCUT2D eigenvalue weighted by molar-refractivity contribution is 7.99. The number of thioether (sulfide) groups is 1. The van der Waals surface area contributed by atoms with Crippen molar-refractivity contribution in [3.8, 4) is 5.75 Å². The van der Waals surface area contributed by atoms with Crippen molar-refractivity contribution in [3.63, 3.8) is 0 Å². The minimum Gasteiger partial charge on any atom is -0.546 e. The van der Waals surface area contributed by atoms with Crippen molar-refractivity contribution in [2.24, 2.45) is 11.8 Å². The zero-order valence-electron chi connectivity index (χ0n) is 16.4. The highest BCUT2D eigenvalue weighted by Gasteiger charge is 2.32. The predicted octanol–water partition coefficient (Wildman–Crippen LogP) is 1.75. The van der Waals surface area contributed by atoms with E-state index in [1.807, 2.05) is 36.6 Å². The molecule has 27 heavy (non-hydrogen) atoms. The molecular formula is C21H28NO4S-. The number of aliphatic carboxylic acids is 1. The largest absolute Gasteiger partial charge is 0.546 e. The van der Waals surface area contributed by atoms with Gasteiger partial charge in [0.15, 0.2) is 0 Å². The molecule has 1 fully saturated rings. The number of benzene rings is 1. The molecule has 0 radical (unpaired) electrons. The van der Waals surface area contributed by atoms with Crippen LogP contribution in [-0.2, 0) is 22.4 Å². The predicted molar refractivity (Wildman–Crippen MR) is 105 cm³/mol. The van der Waals surface area contributed by atoms with Crippen LogP contribution in [0.2, 0.25) is 0 Å². The maximum atomic E-state index is 12.9. The molecule has 1 aromatic rings. The van der Waals surface area contributed by atoms with E-state index >= 15 is 0 Å². The van der Waals surface area contributed by atoms with E-state index in [1.165, 1.54) is 11.1 Å². The van der Waals surface area contributed by atoms with Gasteiger partial charge in [0.05, 0.1) is 5.97 Å². The van der Waals surface area contributed by atoms with Crippen LogP contribution >= 0.6 is 11.8 Å². The summed E-state index contributed by atoms with van der Waals surface area (Å²) in [5, 5.41) is 10.7. The van der Waals surface area contributed by atoms with E-state index in [9.17, 15) is 14.7 Å². The number of rotatable bonds is 5. The highest BCUT2D eigenvalue weighted by Crippen LogP contribution is 2.38. The maximum Gasteiger partial charge on any atom is 0.225 e. The van der Waals surface area contributed by atoms with Gasteiger partial charge in [0.1, 0.15) is 12.4 Å². The highest BCUT2D eigenvalue weighted by atomic mass is 32.2. The van der Waals surface area contributed by atoms with Crippen LogP contribution in [0, 0.1) is 25.7 Å². The van der Waals surface area contributed by atoms with Crippen LogP contribution in [0.5, 0.6) is 5.75 Å². The quantitative estimate of drug-likeness (QED) is 0.766. The summed E-state index contributed by atoms with van der Waals surface area (Å²) in [7, 11) is 0. The molecule has 1 aliphatic heterocycles. The number of carboxylic acids is 1. The number of carboxylic acid groups (broad SMARTS) is 1. The number of ether oxygens (including phenoxy) is 1. The number of carbonyl (C=O) groups is 2. The van der Waals surface area contributed by atoms with Crippen molar-refractivity contribution >= 4 is 23.6 Å². The first kappa shape index (κ1) is 20.1. The van der Waals surface area contributed by atoms with E-state index in [1.54, 1.807) is 0 Å². The Hall–Kier alpha value is -1.69. The van der Waals surface area contributed by atoms with Gasteiger partial charge in [0.2, 0.25) is 5.91 Å². The van der Waals surface area contributed by atoms with E-state index in [4.69, 9.17) is 4.74 Å². The Morgan fingerprint density at radius 3 is 2.67 bits per heavy atom. The van der Waals surface area contributed by atoms with Crippen LogP contribution in [0.25, 0.3) is 0 Å². The number of fused-ring (bicyclic) bond motifs is 1. The lowest BCUT2D eigenvalue weighted by atomic mass is 9.74. The Labute approximate surface area is 165 Å². The Bertz CT molecular complexity index is 727. The smallest absolute Gasteiger partial charge is 0.225 e. The molecule has 0 N–H and O–H groups in total. The second-order valence-corrected chi connectivity index (χ2v) is 8.89. The number of nitrogens with zero attached hydrogens (tertiary/aromatic N) is 1. The summed E-state index contributed by atoms with van der Waals surface area (Å²) in [5.74, 6) is 2.06. The Kier molecular flexibility index (Phi) is 6.35. The van der Waals surface area contributed by atoms with Gasteiger partial charge >= 0.3 is 0 Å². The van der Waals surface area contributed by atoms with Crippen molar-refractivity contribution in [1.82, 2.24) is 4.90 Å². The standard InChI is InChI=1S/C21H29NO4S/c1-13-10-19(26-12-20(23)24)15(3)18-11-16(4-5-17(13)18)14(2)21(25)22-6-8-27-9-7-22/h10,14,16H,4-9,11-12H2,1-3H3,(H,23,24)/p-1/t14-,16+/m0/s1. The van der Waals surface area contributed by atoms with Gasteiger partial charge in [-0.2, -0.15) is 11.8 Å². The second-order valence-electron chi connectivity index (χ2n) is 7.66. The topological polar surface area (TPSA) is 69.7 Å². The zero-order valence-corrected chi connectivity index (χ0v) is 17.2. The summed E-state index contributed by atoms with van der Waals surface area (Å²) in [6, 6.07) is 1.93. The lowest BCUT2D eigenvalue weighted by Gasteiger charge is -2.35. The van der Waals surface area contributed by atoms with Crippen molar-refractivity contribution in [3.05, 3.63) is 28.3 Å². The Morgan fingerprint density at radius 2 is 2.00 bits per heavy atom. The molecule has 2 atom stereocenters. The molecule has 1 saturated heterocycles. The molecule has 0 saturated carbocycles. The van der Waals surface area contributed by atoms with Gasteiger partial charge in [-0.1, -0.05) is 6.92 Å². The lowest BCUT2D eigenvalue weighted by molar-refractivity contribution is -0.307. The Morgan fingerprint density at radius 1 is 1.30 bits per heavy atom. The monoisotopic (exact) mass is 390 g/mol. The first-order valence-corrected chi connectivity index (χ1v) is 10.8. The van der Waals surface area contributed by atoms with Crippen LogP contribution < -0.4 is 9.84 Å². The van der Waals surface area contributed by atoms with E-state index in [0.29, 0.717) is 11.7 Å². The maximum absolute atomic E-state index is 12.9. The number of carbonyl (C=O) groups excluding carboxylic acids is 2. The normalized spacial score (nSPS) is 20.7. The number of hydrogen-bond acceptors (Lipinski definition) is 5. The molecule has 1 amide bonds. The summed E-state index contributed by atoms with van der Waals surface area (Å²) in [4.78, 5) is 25.7. The molecule has 0 bridgehead atoms. The fourth-order valence-corrected chi connectivity index (χ4v) is 5.21. The van der Waals surface area contributed by atoms with Gasteiger partial charge in [0, 0.05) is 30.5 Å². The van der Waals surface area contributed by atoms with E-state index in [0.717, 1.165) is 55.0 Å². The minimum absolute atomic E-state index is 0.00810. The van der Waals surface area contributed by atoms with Gasteiger partial charge in [0.25, 0.3) is 0 Å². The molecule has 148 valence electrons. The molecule has 6 heteroatoms. The van der Waals surface area contributed by atoms with Crippen molar-refractivity contribution in [1.29, 1.82) is 0 Å². The van der Waals surface area contributed by atoms with Crippen LogP contribution in [0.15, 0.2) is 6.07 Å². The SMILES string of the molecule is Cc1cc(OCC(=O)[O-])c(C)c2c1CC[C@@H]([C@H](C)C(=O)N1CCSCC1)C2. The van der Waals surface area contributed by atoms with Crippen molar-refractivity contribution in [2.45, 2.75) is 40.0 Å². The van der Waals surface area contributed by atoms with Gasteiger partial charge in [-0.05, 0) is 67.3 Å². The van der Waals surface area contributed by atoms with Crippen molar-refractivity contribution in [2.75, 3.05) is 31.2 Å². The molecule has 0 unspecified atom stereocenters. The number of hydrogen-bond donors (Lipinski definition) is 0. The number of aryl methyl sites for hydroxylation is 1. The first-order valence-electron chi connectivity index (χ1n) is 9.69. The van der Waals surface area contributed by atoms with E-state index in [-0.39, 0.29) is 11.8 Å². The first-order chi connectivity index (χ1) is 12.9. The van der Waals surface area contributed by atoms with Crippen LogP contribution in [-0.4, -0.2) is 48.0 Å². The van der Waals surface area contributed by atoms with Gasteiger partial charge in [-0.3, -0.25) is 4.79 Å². The van der Waals surface area contributed by atoms with Gasteiger partial charge < -0.3 is 19.5 Å². The number of amides is 1. The molecule has 3 rings (SSSR count). The molecule has 1 aromatic carbocycles. The summed E-state index contributed by atoms with van der Waals surface area (Å²) >= 11 is 1.91. The third-order valence-corrected chi connectivity index (χ3v) is 6.95. The third kappa shape index (κ3) is 4.42. The summed E-state index contributed by atoms with van der Waals surface area (Å²) in [6.45, 7) is 7.37. The second kappa shape index (κ2) is 8.55. The molecule has 1 aliphatic carbocycles. The zero-order chi connectivity index (χ0) is 19.6. The average Bonchev–Trinajstić information content (AvgIpc) is 2.68. The summed E-state index contributed by atoms with van der Waals surface area (Å²) < 4.78 is 5.44. The molecule has 1 heterocycles. The minimum atomic E-state index is -1.22. The van der Waals surface area contributed by atoms with E-state index in [2.05, 4.69) is 6.92 Å². The Balaban J connectivity index is 1.77. The molecule has 5 nitrogen and oxygen atoms in total. The lowest BCUT2D eigenvalue weighted by Crippen LogP contribution is -2.43. The molecular weight excluding hydrogens is 362 g/mol. The van der Waals surface area contributed by atoms with Crippen LogP contribution in [0.1, 0.15) is 35.6 Å². The van der Waals surface area contributed by atoms with Crippen LogP contribution in [0.4, 0.5) is 0 Å². The molecule has 0 aromatic heterocycles. The van der Waals surface area contributed by atoms with Gasteiger partial charge in [-0.15, -0.1) is 0 Å². The van der Waals surface area contributed by atoms with Crippen molar-refractivity contribution < 1.29 is 19.4 Å². The van der Waals surface area contributed by atoms with Crippen LogP contribution in [0.3, 0.4) is 0 Å². The summed E-state index contributed by atoms with van der Waals surface area (Å²) in [5.41, 5.74) is 4.69. The fraction of sp³-hybridized carbons (Fsp3) is 0.619. The average molecular weight is 391 g/mol. The molecule has 2 aliphatic rings.